The highest BCUT2D eigenvalue weighted by molar-refractivity contribution is 5.78. The molecule has 3 nitrogen and oxygen atoms in total. The number of hydrogen-bond acceptors (Lipinski definition) is 2. The van der Waals surface area contributed by atoms with E-state index < -0.39 is 0 Å². The molecule has 3 heteroatoms. The highest BCUT2D eigenvalue weighted by atomic mass is 16.3. The van der Waals surface area contributed by atoms with Gasteiger partial charge in [0.25, 0.3) is 0 Å². The summed E-state index contributed by atoms with van der Waals surface area (Å²) in [6.45, 7) is 6.29. The van der Waals surface area contributed by atoms with Crippen molar-refractivity contribution in [2.75, 3.05) is 6.61 Å². The van der Waals surface area contributed by atoms with E-state index in [2.05, 4.69) is 19.2 Å². The first-order valence-corrected chi connectivity index (χ1v) is 6.47. The third-order valence-electron chi connectivity index (χ3n) is 3.88. The Kier molecular flexibility index (Phi) is 5.26. The van der Waals surface area contributed by atoms with Crippen LogP contribution in [0.1, 0.15) is 46.5 Å². The summed E-state index contributed by atoms with van der Waals surface area (Å²) in [5.41, 5.74) is 0. The zero-order valence-electron chi connectivity index (χ0n) is 10.7. The maximum atomic E-state index is 11.9. The molecule has 1 aliphatic rings. The monoisotopic (exact) mass is 227 g/mol. The molecule has 1 aliphatic carbocycles. The average Bonchev–Trinajstić information content (AvgIpc) is 2.28. The third kappa shape index (κ3) is 3.48. The first-order chi connectivity index (χ1) is 7.56. The number of aliphatic hydroxyl groups excluding tert-OH is 1. The summed E-state index contributed by atoms with van der Waals surface area (Å²) in [4.78, 5) is 11.9. The summed E-state index contributed by atoms with van der Waals surface area (Å²) >= 11 is 0. The quantitative estimate of drug-likeness (QED) is 0.771. The Hall–Kier alpha value is -0.570. The second-order valence-electron chi connectivity index (χ2n) is 5.37. The van der Waals surface area contributed by atoms with E-state index in [0.29, 0.717) is 5.92 Å². The fraction of sp³-hybridized carbons (Fsp3) is 0.923. The number of carbonyl (C=O) groups is 1. The third-order valence-corrected chi connectivity index (χ3v) is 3.88. The summed E-state index contributed by atoms with van der Waals surface area (Å²) < 4.78 is 0. The van der Waals surface area contributed by atoms with Crippen molar-refractivity contribution in [2.24, 2.45) is 17.8 Å². The molecule has 94 valence electrons. The molecule has 2 N–H and O–H groups in total. The largest absolute Gasteiger partial charge is 0.396 e. The van der Waals surface area contributed by atoms with Crippen LogP contribution in [-0.4, -0.2) is 23.7 Å². The molecule has 0 aliphatic heterocycles. The van der Waals surface area contributed by atoms with E-state index in [1.807, 2.05) is 6.92 Å². The Labute approximate surface area is 98.6 Å². The van der Waals surface area contributed by atoms with Crippen molar-refractivity contribution in [3.63, 3.8) is 0 Å². The molecule has 0 saturated heterocycles. The minimum absolute atomic E-state index is 0.0567. The van der Waals surface area contributed by atoms with Gasteiger partial charge in [-0.25, -0.2) is 0 Å². The van der Waals surface area contributed by atoms with Crippen LogP contribution in [-0.2, 0) is 4.79 Å². The van der Waals surface area contributed by atoms with Gasteiger partial charge in [-0.15, -0.1) is 0 Å². The molecule has 1 rings (SSSR count). The number of hydrogen-bond donors (Lipinski definition) is 2. The van der Waals surface area contributed by atoms with Crippen LogP contribution in [0.15, 0.2) is 0 Å². The van der Waals surface area contributed by atoms with E-state index in [4.69, 9.17) is 0 Å². The van der Waals surface area contributed by atoms with Crippen molar-refractivity contribution in [3.8, 4) is 0 Å². The second kappa shape index (κ2) is 6.24. The van der Waals surface area contributed by atoms with Gasteiger partial charge in [0.2, 0.25) is 5.91 Å². The predicted octanol–water partition coefficient (Wildman–Crippen LogP) is 1.95. The van der Waals surface area contributed by atoms with E-state index >= 15 is 0 Å². The molecule has 0 aromatic rings. The van der Waals surface area contributed by atoms with Crippen molar-refractivity contribution in [1.29, 1.82) is 0 Å². The van der Waals surface area contributed by atoms with Crippen LogP contribution in [0.2, 0.25) is 0 Å². The number of rotatable bonds is 4. The molecule has 3 atom stereocenters. The Morgan fingerprint density at radius 1 is 1.31 bits per heavy atom. The maximum Gasteiger partial charge on any atom is 0.223 e. The summed E-state index contributed by atoms with van der Waals surface area (Å²) in [6.07, 6.45) is 4.40. The van der Waals surface area contributed by atoms with Crippen molar-refractivity contribution in [3.05, 3.63) is 0 Å². The SMILES string of the molecule is CC(C)C(C)C(=O)NC1CCCCC1CO. The lowest BCUT2D eigenvalue weighted by molar-refractivity contribution is -0.127. The molecule has 0 aromatic heterocycles. The van der Waals surface area contributed by atoms with Gasteiger partial charge in [-0.3, -0.25) is 4.79 Å². The minimum Gasteiger partial charge on any atom is -0.396 e. The van der Waals surface area contributed by atoms with Gasteiger partial charge in [-0.05, 0) is 18.8 Å². The van der Waals surface area contributed by atoms with Crippen LogP contribution in [0, 0.1) is 17.8 Å². The molecule has 0 radical (unpaired) electrons. The number of amides is 1. The zero-order valence-corrected chi connectivity index (χ0v) is 10.7. The van der Waals surface area contributed by atoms with Gasteiger partial charge < -0.3 is 10.4 Å². The predicted molar refractivity (Wildman–Crippen MR) is 65.0 cm³/mol. The van der Waals surface area contributed by atoms with Crippen molar-refractivity contribution in [1.82, 2.24) is 5.32 Å². The van der Waals surface area contributed by atoms with Crippen molar-refractivity contribution in [2.45, 2.75) is 52.5 Å². The Morgan fingerprint density at radius 3 is 2.50 bits per heavy atom. The van der Waals surface area contributed by atoms with Crippen LogP contribution < -0.4 is 5.32 Å². The standard InChI is InChI=1S/C13H25NO2/c1-9(2)10(3)13(16)14-12-7-5-4-6-11(12)8-15/h9-12,15H,4-8H2,1-3H3,(H,14,16). The molecular weight excluding hydrogens is 202 g/mol. The van der Waals surface area contributed by atoms with E-state index in [0.717, 1.165) is 19.3 Å². The molecular formula is C13H25NO2. The summed E-state index contributed by atoms with van der Waals surface area (Å²) in [6, 6.07) is 0.187. The van der Waals surface area contributed by atoms with Crippen LogP contribution >= 0.6 is 0 Å². The molecule has 1 amide bonds. The van der Waals surface area contributed by atoms with Gasteiger partial charge in [0.15, 0.2) is 0 Å². The smallest absolute Gasteiger partial charge is 0.223 e. The fourth-order valence-electron chi connectivity index (χ4n) is 2.23. The van der Waals surface area contributed by atoms with Gasteiger partial charge >= 0.3 is 0 Å². The number of nitrogens with one attached hydrogen (secondary N) is 1. The van der Waals surface area contributed by atoms with E-state index in [-0.39, 0.29) is 30.4 Å². The maximum absolute atomic E-state index is 11.9. The first-order valence-electron chi connectivity index (χ1n) is 6.47. The summed E-state index contributed by atoms with van der Waals surface area (Å²) in [5, 5.41) is 12.4. The van der Waals surface area contributed by atoms with E-state index in [1.165, 1.54) is 6.42 Å². The lowest BCUT2D eigenvalue weighted by Crippen LogP contribution is -2.46. The highest BCUT2D eigenvalue weighted by Gasteiger charge is 2.27. The highest BCUT2D eigenvalue weighted by Crippen LogP contribution is 2.24. The van der Waals surface area contributed by atoms with E-state index in [1.54, 1.807) is 0 Å². The first kappa shape index (κ1) is 13.5. The summed E-state index contributed by atoms with van der Waals surface area (Å²) in [5.74, 6) is 0.829. The van der Waals surface area contributed by atoms with Crippen LogP contribution in [0.25, 0.3) is 0 Å². The molecule has 3 unspecified atom stereocenters. The second-order valence-corrected chi connectivity index (χ2v) is 5.37. The molecule has 0 aromatic carbocycles. The number of aliphatic hydroxyl groups is 1. The normalized spacial score (nSPS) is 27.8. The Bertz CT molecular complexity index is 228. The van der Waals surface area contributed by atoms with E-state index in [9.17, 15) is 9.90 Å². The zero-order chi connectivity index (χ0) is 12.1. The van der Waals surface area contributed by atoms with Gasteiger partial charge in [0.05, 0.1) is 0 Å². The molecule has 0 spiro atoms. The molecule has 0 bridgehead atoms. The van der Waals surface area contributed by atoms with Crippen molar-refractivity contribution < 1.29 is 9.90 Å². The van der Waals surface area contributed by atoms with Crippen LogP contribution in [0.4, 0.5) is 0 Å². The van der Waals surface area contributed by atoms with Gasteiger partial charge in [-0.1, -0.05) is 33.6 Å². The van der Waals surface area contributed by atoms with Gasteiger partial charge in [0, 0.05) is 24.5 Å². The van der Waals surface area contributed by atoms with Gasteiger partial charge in [0.1, 0.15) is 0 Å². The molecule has 1 fully saturated rings. The number of carbonyl (C=O) groups excluding carboxylic acids is 1. The van der Waals surface area contributed by atoms with Crippen LogP contribution in [0.3, 0.4) is 0 Å². The lowest BCUT2D eigenvalue weighted by Gasteiger charge is -2.32. The molecule has 0 heterocycles. The Balaban J connectivity index is 2.48. The average molecular weight is 227 g/mol. The van der Waals surface area contributed by atoms with Gasteiger partial charge in [-0.2, -0.15) is 0 Å². The lowest BCUT2D eigenvalue weighted by atomic mass is 9.84. The topological polar surface area (TPSA) is 49.3 Å². The fourth-order valence-corrected chi connectivity index (χ4v) is 2.23. The van der Waals surface area contributed by atoms with Crippen molar-refractivity contribution >= 4 is 5.91 Å². The Morgan fingerprint density at radius 2 is 1.94 bits per heavy atom. The minimum atomic E-state index is 0.0567. The molecule has 16 heavy (non-hydrogen) atoms. The summed E-state index contributed by atoms with van der Waals surface area (Å²) in [7, 11) is 0. The molecule has 1 saturated carbocycles. The van der Waals surface area contributed by atoms with Crippen LogP contribution in [0.5, 0.6) is 0 Å².